The zero-order valence-corrected chi connectivity index (χ0v) is 13.7. The Morgan fingerprint density at radius 1 is 1.35 bits per heavy atom. The van der Waals surface area contributed by atoms with Crippen molar-refractivity contribution in [2.24, 2.45) is 7.05 Å². The van der Waals surface area contributed by atoms with Crippen LogP contribution in [0.4, 0.5) is 0 Å². The molecule has 108 valence electrons. The standard InChI is InChI=1S/C15H20BrN3O/c1-4-17-9-12-5-6-15(14(16)8-12)20-10-13-7-11(2)18-19(13)3/h5-8,17H,4,9-10H2,1-3H3. The summed E-state index contributed by atoms with van der Waals surface area (Å²) in [5.74, 6) is 0.851. The van der Waals surface area contributed by atoms with Gasteiger partial charge in [-0.2, -0.15) is 5.10 Å². The van der Waals surface area contributed by atoms with Crippen LogP contribution in [0.3, 0.4) is 0 Å². The molecule has 4 nitrogen and oxygen atoms in total. The van der Waals surface area contributed by atoms with Crippen LogP contribution in [-0.2, 0) is 20.2 Å². The number of aromatic nitrogens is 2. The van der Waals surface area contributed by atoms with Crippen LogP contribution in [0.5, 0.6) is 5.75 Å². The molecule has 0 saturated heterocycles. The van der Waals surface area contributed by atoms with E-state index in [1.54, 1.807) is 0 Å². The number of benzene rings is 1. The lowest BCUT2D eigenvalue weighted by Crippen LogP contribution is -2.11. The maximum Gasteiger partial charge on any atom is 0.134 e. The average Bonchev–Trinajstić information content (AvgIpc) is 2.73. The monoisotopic (exact) mass is 337 g/mol. The number of halogens is 1. The maximum absolute atomic E-state index is 5.85. The van der Waals surface area contributed by atoms with E-state index in [-0.39, 0.29) is 0 Å². The van der Waals surface area contributed by atoms with E-state index >= 15 is 0 Å². The van der Waals surface area contributed by atoms with Gasteiger partial charge in [-0.1, -0.05) is 13.0 Å². The second-order valence-electron chi connectivity index (χ2n) is 4.73. The normalized spacial score (nSPS) is 10.8. The van der Waals surface area contributed by atoms with Gasteiger partial charge < -0.3 is 10.1 Å². The highest BCUT2D eigenvalue weighted by Crippen LogP contribution is 2.26. The van der Waals surface area contributed by atoms with Crippen LogP contribution in [0.25, 0.3) is 0 Å². The molecular formula is C15H20BrN3O. The summed E-state index contributed by atoms with van der Waals surface area (Å²) in [5, 5.41) is 7.62. The summed E-state index contributed by atoms with van der Waals surface area (Å²) in [5.41, 5.74) is 3.31. The van der Waals surface area contributed by atoms with Crippen LogP contribution >= 0.6 is 15.9 Å². The van der Waals surface area contributed by atoms with E-state index < -0.39 is 0 Å². The largest absolute Gasteiger partial charge is 0.486 e. The number of nitrogens with zero attached hydrogens (tertiary/aromatic N) is 2. The highest BCUT2D eigenvalue weighted by molar-refractivity contribution is 9.10. The fourth-order valence-electron chi connectivity index (χ4n) is 1.99. The van der Waals surface area contributed by atoms with Crippen molar-refractivity contribution < 1.29 is 4.74 Å². The van der Waals surface area contributed by atoms with Gasteiger partial charge >= 0.3 is 0 Å². The number of rotatable bonds is 6. The fourth-order valence-corrected chi connectivity index (χ4v) is 2.53. The smallest absolute Gasteiger partial charge is 0.134 e. The molecule has 1 aromatic heterocycles. The SMILES string of the molecule is CCNCc1ccc(OCc2cc(C)nn2C)c(Br)c1. The van der Waals surface area contributed by atoms with Gasteiger partial charge in [-0.15, -0.1) is 0 Å². The summed E-state index contributed by atoms with van der Waals surface area (Å²) in [6, 6.07) is 8.21. The van der Waals surface area contributed by atoms with Gasteiger partial charge in [0.15, 0.2) is 0 Å². The van der Waals surface area contributed by atoms with Crippen LogP contribution in [0.2, 0.25) is 0 Å². The molecule has 0 radical (unpaired) electrons. The molecule has 0 amide bonds. The molecule has 5 heteroatoms. The topological polar surface area (TPSA) is 39.1 Å². The van der Waals surface area contributed by atoms with E-state index in [9.17, 15) is 0 Å². The molecule has 0 aliphatic heterocycles. The lowest BCUT2D eigenvalue weighted by atomic mass is 10.2. The Kier molecular flexibility index (Phi) is 5.20. The first kappa shape index (κ1) is 15.1. The van der Waals surface area contributed by atoms with Crippen molar-refractivity contribution in [3.8, 4) is 5.75 Å². The summed E-state index contributed by atoms with van der Waals surface area (Å²) in [6.45, 7) is 6.44. The van der Waals surface area contributed by atoms with E-state index in [4.69, 9.17) is 4.74 Å². The second kappa shape index (κ2) is 6.90. The minimum absolute atomic E-state index is 0.516. The molecule has 0 aliphatic carbocycles. The van der Waals surface area contributed by atoms with Crippen LogP contribution in [0.15, 0.2) is 28.7 Å². The zero-order valence-electron chi connectivity index (χ0n) is 12.1. The summed E-state index contributed by atoms with van der Waals surface area (Å²) in [4.78, 5) is 0. The average molecular weight is 338 g/mol. The number of hydrogen-bond acceptors (Lipinski definition) is 3. The lowest BCUT2D eigenvalue weighted by molar-refractivity contribution is 0.293. The maximum atomic E-state index is 5.85. The Labute approximate surface area is 128 Å². The molecule has 1 heterocycles. The third-order valence-electron chi connectivity index (χ3n) is 3.05. The van der Waals surface area contributed by atoms with Crippen LogP contribution < -0.4 is 10.1 Å². The van der Waals surface area contributed by atoms with Crippen LogP contribution in [0.1, 0.15) is 23.9 Å². The summed E-state index contributed by atoms with van der Waals surface area (Å²) in [7, 11) is 1.93. The molecule has 20 heavy (non-hydrogen) atoms. The van der Waals surface area contributed by atoms with Crippen molar-refractivity contribution in [1.82, 2.24) is 15.1 Å². The third-order valence-corrected chi connectivity index (χ3v) is 3.67. The highest BCUT2D eigenvalue weighted by atomic mass is 79.9. The van der Waals surface area contributed by atoms with Gasteiger partial charge in [-0.3, -0.25) is 4.68 Å². The number of ether oxygens (including phenoxy) is 1. The molecule has 0 saturated carbocycles. The summed E-state index contributed by atoms with van der Waals surface area (Å²) >= 11 is 3.56. The zero-order chi connectivity index (χ0) is 14.5. The predicted octanol–water partition coefficient (Wildman–Crippen LogP) is 3.18. The van der Waals surface area contributed by atoms with Crippen molar-refractivity contribution in [2.75, 3.05) is 6.54 Å². The van der Waals surface area contributed by atoms with Crippen molar-refractivity contribution in [2.45, 2.75) is 27.0 Å². The van der Waals surface area contributed by atoms with E-state index in [0.29, 0.717) is 6.61 Å². The van der Waals surface area contributed by atoms with Gasteiger partial charge in [0.2, 0.25) is 0 Å². The van der Waals surface area contributed by atoms with E-state index in [1.807, 2.05) is 30.8 Å². The predicted molar refractivity (Wildman–Crippen MR) is 83.8 cm³/mol. The Morgan fingerprint density at radius 3 is 2.75 bits per heavy atom. The molecule has 0 atom stereocenters. The number of hydrogen-bond donors (Lipinski definition) is 1. The molecule has 0 unspecified atom stereocenters. The van der Waals surface area contributed by atoms with Crippen molar-refractivity contribution in [3.05, 3.63) is 45.7 Å². The molecule has 0 fully saturated rings. The molecule has 0 bridgehead atoms. The van der Waals surface area contributed by atoms with Gasteiger partial charge in [0.25, 0.3) is 0 Å². The van der Waals surface area contributed by atoms with E-state index in [1.165, 1.54) is 5.56 Å². The van der Waals surface area contributed by atoms with Gasteiger partial charge in [-0.05, 0) is 53.2 Å². The Balaban J connectivity index is 2.01. The minimum atomic E-state index is 0.516. The molecule has 0 spiro atoms. The highest BCUT2D eigenvalue weighted by Gasteiger charge is 2.06. The summed E-state index contributed by atoms with van der Waals surface area (Å²) in [6.07, 6.45) is 0. The van der Waals surface area contributed by atoms with Crippen molar-refractivity contribution in [1.29, 1.82) is 0 Å². The van der Waals surface area contributed by atoms with Gasteiger partial charge in [-0.25, -0.2) is 0 Å². The number of aryl methyl sites for hydroxylation is 2. The molecule has 1 aromatic carbocycles. The molecule has 2 aromatic rings. The van der Waals surface area contributed by atoms with Gasteiger partial charge in [0.1, 0.15) is 12.4 Å². The molecular weight excluding hydrogens is 318 g/mol. The molecule has 2 rings (SSSR count). The Morgan fingerprint density at radius 2 is 2.15 bits per heavy atom. The van der Waals surface area contributed by atoms with Crippen molar-refractivity contribution >= 4 is 15.9 Å². The Hall–Kier alpha value is -1.33. The van der Waals surface area contributed by atoms with E-state index in [2.05, 4.69) is 45.4 Å². The van der Waals surface area contributed by atoms with Crippen LogP contribution in [0, 0.1) is 6.92 Å². The quantitative estimate of drug-likeness (QED) is 0.879. The van der Waals surface area contributed by atoms with Crippen molar-refractivity contribution in [3.63, 3.8) is 0 Å². The van der Waals surface area contributed by atoms with Crippen LogP contribution in [-0.4, -0.2) is 16.3 Å². The molecule has 1 N–H and O–H groups in total. The van der Waals surface area contributed by atoms with Gasteiger partial charge in [0.05, 0.1) is 15.9 Å². The first-order chi connectivity index (χ1) is 9.60. The number of nitrogens with one attached hydrogen (secondary N) is 1. The first-order valence-corrected chi connectivity index (χ1v) is 7.51. The van der Waals surface area contributed by atoms with E-state index in [0.717, 1.165) is 34.7 Å². The molecule has 0 aliphatic rings. The lowest BCUT2D eigenvalue weighted by Gasteiger charge is -2.10. The fraction of sp³-hybridized carbons (Fsp3) is 0.400. The third kappa shape index (κ3) is 3.84. The van der Waals surface area contributed by atoms with Gasteiger partial charge in [0, 0.05) is 13.6 Å². The minimum Gasteiger partial charge on any atom is -0.486 e. The second-order valence-corrected chi connectivity index (χ2v) is 5.59. The first-order valence-electron chi connectivity index (χ1n) is 6.71. The Bertz CT molecular complexity index is 580. The summed E-state index contributed by atoms with van der Waals surface area (Å²) < 4.78 is 8.68.